The molecule has 2 aromatic heterocycles. The highest BCUT2D eigenvalue weighted by molar-refractivity contribution is 7.99. The summed E-state index contributed by atoms with van der Waals surface area (Å²) in [5.41, 5.74) is 2.61. The maximum atomic E-state index is 12.2. The second-order valence-corrected chi connectivity index (χ2v) is 6.80. The van der Waals surface area contributed by atoms with E-state index >= 15 is 0 Å². The molecule has 2 amide bonds. The quantitative estimate of drug-likeness (QED) is 0.668. The molecule has 0 bridgehead atoms. The van der Waals surface area contributed by atoms with Gasteiger partial charge < -0.3 is 4.57 Å². The van der Waals surface area contributed by atoms with Crippen molar-refractivity contribution >= 4 is 45.6 Å². The number of fused-ring (bicyclic) bond motifs is 3. The Morgan fingerprint density at radius 1 is 1.28 bits per heavy atom. The molecule has 0 aliphatic carbocycles. The number of likely N-dealkylation sites (tertiary alicyclic amines) is 1. The van der Waals surface area contributed by atoms with Crippen LogP contribution in [-0.2, 0) is 16.1 Å². The minimum atomic E-state index is -0.188. The lowest BCUT2D eigenvalue weighted by atomic mass is 10.2. The number of imide groups is 1. The zero-order chi connectivity index (χ0) is 17.4. The van der Waals surface area contributed by atoms with Crippen LogP contribution in [0.4, 0.5) is 0 Å². The number of rotatable bonds is 4. The van der Waals surface area contributed by atoms with Crippen LogP contribution in [0.2, 0.25) is 0 Å². The summed E-state index contributed by atoms with van der Waals surface area (Å²) >= 11 is 1.22. The summed E-state index contributed by atoms with van der Waals surface area (Å²) in [6.07, 6.45) is 1.20. The van der Waals surface area contributed by atoms with Crippen molar-refractivity contribution in [1.29, 1.82) is 0 Å². The molecule has 8 heteroatoms. The van der Waals surface area contributed by atoms with Crippen LogP contribution >= 0.6 is 11.8 Å². The first-order valence-electron chi connectivity index (χ1n) is 8.26. The van der Waals surface area contributed by atoms with E-state index in [-0.39, 0.29) is 17.6 Å². The number of para-hydroxylation sites is 1. The number of thioether (sulfide) groups is 1. The number of carbonyl (C=O) groups is 2. The molecule has 3 aromatic rings. The SMILES string of the molecule is CCn1c2ccccc2c2nnc(SCC(=O)N3CCCC3=O)nc21. The van der Waals surface area contributed by atoms with Crippen LogP contribution in [0, 0.1) is 0 Å². The van der Waals surface area contributed by atoms with Crippen LogP contribution in [0.3, 0.4) is 0 Å². The molecule has 128 valence electrons. The minimum absolute atomic E-state index is 0.0915. The Labute approximate surface area is 148 Å². The lowest BCUT2D eigenvalue weighted by molar-refractivity contribution is -0.140. The summed E-state index contributed by atoms with van der Waals surface area (Å²) in [5, 5.41) is 9.95. The molecule has 0 unspecified atom stereocenters. The van der Waals surface area contributed by atoms with Gasteiger partial charge in [0.1, 0.15) is 5.52 Å². The lowest BCUT2D eigenvalue weighted by Gasteiger charge is -2.12. The normalized spacial score (nSPS) is 14.8. The number of aryl methyl sites for hydroxylation is 1. The molecule has 7 nitrogen and oxygen atoms in total. The number of carbonyl (C=O) groups excluding carboxylic acids is 2. The number of amides is 2. The fourth-order valence-electron chi connectivity index (χ4n) is 3.19. The van der Waals surface area contributed by atoms with Gasteiger partial charge in [-0.15, -0.1) is 10.2 Å². The van der Waals surface area contributed by atoms with Gasteiger partial charge in [-0.2, -0.15) is 0 Å². The van der Waals surface area contributed by atoms with Crippen LogP contribution < -0.4 is 0 Å². The number of aromatic nitrogens is 4. The molecule has 0 N–H and O–H groups in total. The van der Waals surface area contributed by atoms with Gasteiger partial charge >= 0.3 is 0 Å². The van der Waals surface area contributed by atoms with Crippen LogP contribution in [0.1, 0.15) is 19.8 Å². The van der Waals surface area contributed by atoms with E-state index in [1.807, 2.05) is 24.3 Å². The van der Waals surface area contributed by atoms with E-state index in [2.05, 4.69) is 26.7 Å². The molecule has 1 aliphatic heterocycles. The van der Waals surface area contributed by atoms with Crippen LogP contribution in [-0.4, -0.2) is 48.8 Å². The summed E-state index contributed by atoms with van der Waals surface area (Å²) in [6, 6.07) is 8.01. The smallest absolute Gasteiger partial charge is 0.239 e. The molecule has 0 atom stereocenters. The fraction of sp³-hybridized carbons (Fsp3) is 0.353. The van der Waals surface area contributed by atoms with Crippen molar-refractivity contribution in [2.75, 3.05) is 12.3 Å². The second-order valence-electron chi connectivity index (χ2n) is 5.86. The van der Waals surface area contributed by atoms with E-state index in [1.165, 1.54) is 16.7 Å². The first-order chi connectivity index (χ1) is 12.2. The molecule has 25 heavy (non-hydrogen) atoms. The molecule has 4 rings (SSSR count). The highest BCUT2D eigenvalue weighted by atomic mass is 32.2. The highest BCUT2D eigenvalue weighted by Crippen LogP contribution is 2.27. The Morgan fingerprint density at radius 2 is 2.12 bits per heavy atom. The standard InChI is InChI=1S/C17H17N5O2S/c1-2-21-12-7-4-3-6-11(12)15-16(21)18-17(20-19-15)25-10-14(24)22-9-5-8-13(22)23/h3-4,6-7H,2,5,8-10H2,1H3. The number of benzene rings is 1. The first-order valence-corrected chi connectivity index (χ1v) is 9.25. The van der Waals surface area contributed by atoms with Gasteiger partial charge in [-0.25, -0.2) is 4.98 Å². The molecular weight excluding hydrogens is 338 g/mol. The van der Waals surface area contributed by atoms with Crippen molar-refractivity contribution in [3.8, 4) is 0 Å². The van der Waals surface area contributed by atoms with E-state index in [1.54, 1.807) is 0 Å². The van der Waals surface area contributed by atoms with Gasteiger partial charge in [0.05, 0.1) is 11.3 Å². The van der Waals surface area contributed by atoms with E-state index in [0.29, 0.717) is 18.1 Å². The van der Waals surface area contributed by atoms with Crippen LogP contribution in [0.15, 0.2) is 29.4 Å². The van der Waals surface area contributed by atoms with Gasteiger partial charge in [-0.1, -0.05) is 30.0 Å². The van der Waals surface area contributed by atoms with Crippen molar-refractivity contribution < 1.29 is 9.59 Å². The van der Waals surface area contributed by atoms with E-state index < -0.39 is 0 Å². The topological polar surface area (TPSA) is 81.0 Å². The Morgan fingerprint density at radius 3 is 2.88 bits per heavy atom. The van der Waals surface area contributed by atoms with E-state index in [0.717, 1.165) is 35.0 Å². The highest BCUT2D eigenvalue weighted by Gasteiger charge is 2.26. The van der Waals surface area contributed by atoms with Gasteiger partial charge in [0, 0.05) is 24.9 Å². The summed E-state index contributed by atoms with van der Waals surface area (Å²) in [5.74, 6) is -0.135. The molecule has 0 spiro atoms. The molecule has 0 radical (unpaired) electrons. The number of nitrogens with zero attached hydrogens (tertiary/aromatic N) is 5. The maximum absolute atomic E-state index is 12.2. The lowest BCUT2D eigenvalue weighted by Crippen LogP contribution is -2.33. The molecular formula is C17H17N5O2S. The third-order valence-electron chi connectivity index (χ3n) is 4.37. The number of hydrogen-bond acceptors (Lipinski definition) is 6. The third kappa shape index (κ3) is 2.76. The Hall–Kier alpha value is -2.48. The molecule has 1 aromatic carbocycles. The predicted octanol–water partition coefficient (Wildman–Crippen LogP) is 2.24. The van der Waals surface area contributed by atoms with Crippen LogP contribution in [0.5, 0.6) is 0 Å². The summed E-state index contributed by atoms with van der Waals surface area (Å²) in [6.45, 7) is 3.35. The van der Waals surface area contributed by atoms with Gasteiger partial charge in [0.25, 0.3) is 0 Å². The number of hydrogen-bond donors (Lipinski definition) is 0. The largest absolute Gasteiger partial charge is 0.324 e. The zero-order valence-corrected chi connectivity index (χ0v) is 14.6. The predicted molar refractivity (Wildman–Crippen MR) is 95.2 cm³/mol. The summed E-state index contributed by atoms with van der Waals surface area (Å²) in [7, 11) is 0. The Balaban J connectivity index is 1.62. The van der Waals surface area contributed by atoms with Crippen molar-refractivity contribution in [2.24, 2.45) is 0 Å². The summed E-state index contributed by atoms with van der Waals surface area (Å²) < 4.78 is 2.09. The van der Waals surface area contributed by atoms with Crippen LogP contribution in [0.25, 0.3) is 22.1 Å². The van der Waals surface area contributed by atoms with Crippen molar-refractivity contribution in [2.45, 2.75) is 31.5 Å². The minimum Gasteiger partial charge on any atom is -0.324 e. The van der Waals surface area contributed by atoms with Gasteiger partial charge in [0.2, 0.25) is 17.0 Å². The maximum Gasteiger partial charge on any atom is 0.239 e. The average molecular weight is 355 g/mol. The molecule has 1 fully saturated rings. The Kier molecular flexibility index (Phi) is 4.12. The van der Waals surface area contributed by atoms with Gasteiger partial charge in [-0.3, -0.25) is 14.5 Å². The van der Waals surface area contributed by atoms with Crippen molar-refractivity contribution in [3.63, 3.8) is 0 Å². The second kappa shape index (κ2) is 6.44. The zero-order valence-electron chi connectivity index (χ0n) is 13.8. The molecule has 1 aliphatic rings. The monoisotopic (exact) mass is 355 g/mol. The average Bonchev–Trinajstić information content (AvgIpc) is 3.20. The third-order valence-corrected chi connectivity index (χ3v) is 5.19. The van der Waals surface area contributed by atoms with E-state index in [9.17, 15) is 9.59 Å². The Bertz CT molecular complexity index is 984. The fourth-order valence-corrected chi connectivity index (χ4v) is 3.84. The van der Waals surface area contributed by atoms with Gasteiger partial charge in [0.15, 0.2) is 5.65 Å². The van der Waals surface area contributed by atoms with Crippen molar-refractivity contribution in [3.05, 3.63) is 24.3 Å². The van der Waals surface area contributed by atoms with Crippen molar-refractivity contribution in [1.82, 2.24) is 24.6 Å². The molecule has 0 saturated carbocycles. The summed E-state index contributed by atoms with van der Waals surface area (Å²) in [4.78, 5) is 29.7. The van der Waals surface area contributed by atoms with E-state index in [4.69, 9.17) is 0 Å². The van der Waals surface area contributed by atoms with Gasteiger partial charge in [-0.05, 0) is 19.4 Å². The molecule has 3 heterocycles. The molecule has 1 saturated heterocycles. The first kappa shape index (κ1) is 16.0.